The van der Waals surface area contributed by atoms with Crippen LogP contribution in [0.1, 0.15) is 194 Å². The SMILES string of the molecule is CCCCCCCC/C=C\CCCCCCCC(=O)OC[C@@H](CN1CCOCC1)OC(=O)CCCCCCC/C=C\CCCCCCCC. The first-order chi connectivity index (χ1) is 24.2. The van der Waals surface area contributed by atoms with Gasteiger partial charge in [-0.2, -0.15) is 0 Å². The van der Waals surface area contributed by atoms with Gasteiger partial charge < -0.3 is 14.2 Å². The fourth-order valence-corrected chi connectivity index (χ4v) is 6.38. The molecule has 49 heavy (non-hydrogen) atoms. The van der Waals surface area contributed by atoms with Crippen molar-refractivity contribution in [3.63, 3.8) is 0 Å². The maximum atomic E-state index is 12.7. The van der Waals surface area contributed by atoms with Crippen LogP contribution in [0.25, 0.3) is 0 Å². The summed E-state index contributed by atoms with van der Waals surface area (Å²) in [5.41, 5.74) is 0. The van der Waals surface area contributed by atoms with E-state index < -0.39 is 6.10 Å². The molecule has 1 aliphatic rings. The first kappa shape index (κ1) is 45.4. The van der Waals surface area contributed by atoms with Gasteiger partial charge in [-0.3, -0.25) is 14.5 Å². The molecule has 0 unspecified atom stereocenters. The Bertz CT molecular complexity index is 791. The lowest BCUT2D eigenvalue weighted by Gasteiger charge is -2.30. The van der Waals surface area contributed by atoms with Gasteiger partial charge in [-0.1, -0.05) is 141 Å². The summed E-state index contributed by atoms with van der Waals surface area (Å²) in [6.45, 7) is 8.25. The first-order valence-electron chi connectivity index (χ1n) is 21.1. The Morgan fingerprint density at radius 1 is 0.551 bits per heavy atom. The van der Waals surface area contributed by atoms with Gasteiger partial charge in [-0.25, -0.2) is 0 Å². The number of carbonyl (C=O) groups excluding carboxylic acids is 2. The second-order valence-electron chi connectivity index (χ2n) is 14.4. The molecule has 1 aliphatic heterocycles. The van der Waals surface area contributed by atoms with Gasteiger partial charge in [0.1, 0.15) is 12.7 Å². The zero-order valence-corrected chi connectivity index (χ0v) is 32.4. The van der Waals surface area contributed by atoms with Gasteiger partial charge in [0.2, 0.25) is 0 Å². The van der Waals surface area contributed by atoms with Gasteiger partial charge in [0, 0.05) is 32.5 Å². The summed E-state index contributed by atoms with van der Waals surface area (Å²) in [5, 5.41) is 0. The predicted molar refractivity (Wildman–Crippen MR) is 207 cm³/mol. The zero-order chi connectivity index (χ0) is 35.3. The van der Waals surface area contributed by atoms with E-state index >= 15 is 0 Å². The highest BCUT2D eigenvalue weighted by Crippen LogP contribution is 2.13. The molecule has 6 heteroatoms. The smallest absolute Gasteiger partial charge is 0.306 e. The van der Waals surface area contributed by atoms with Crippen LogP contribution in [0.4, 0.5) is 0 Å². The molecule has 0 aromatic carbocycles. The Labute approximate surface area is 303 Å². The van der Waals surface area contributed by atoms with Crippen LogP contribution in [0.15, 0.2) is 24.3 Å². The minimum Gasteiger partial charge on any atom is -0.462 e. The summed E-state index contributed by atoms with van der Waals surface area (Å²) in [4.78, 5) is 27.4. The molecule has 0 aromatic rings. The number of hydrogen-bond acceptors (Lipinski definition) is 6. The summed E-state index contributed by atoms with van der Waals surface area (Å²) in [6, 6.07) is 0. The number of esters is 2. The average Bonchev–Trinajstić information content (AvgIpc) is 3.11. The highest BCUT2D eigenvalue weighted by molar-refractivity contribution is 5.70. The third-order valence-electron chi connectivity index (χ3n) is 9.58. The van der Waals surface area contributed by atoms with Crippen molar-refractivity contribution in [3.05, 3.63) is 24.3 Å². The van der Waals surface area contributed by atoms with Gasteiger partial charge in [-0.05, 0) is 64.2 Å². The van der Waals surface area contributed by atoms with Crippen LogP contribution in [-0.4, -0.2) is 62.4 Å². The second-order valence-corrected chi connectivity index (χ2v) is 14.4. The molecule has 0 amide bonds. The van der Waals surface area contributed by atoms with Crippen molar-refractivity contribution < 1.29 is 23.8 Å². The maximum Gasteiger partial charge on any atom is 0.306 e. The van der Waals surface area contributed by atoms with Crippen molar-refractivity contribution in [1.29, 1.82) is 0 Å². The summed E-state index contributed by atoms with van der Waals surface area (Å²) in [7, 11) is 0. The van der Waals surface area contributed by atoms with E-state index in [-0.39, 0.29) is 18.5 Å². The van der Waals surface area contributed by atoms with Crippen molar-refractivity contribution in [1.82, 2.24) is 4.90 Å². The van der Waals surface area contributed by atoms with E-state index in [0.29, 0.717) is 32.6 Å². The van der Waals surface area contributed by atoms with Gasteiger partial charge in [0.05, 0.1) is 13.2 Å². The number of nitrogens with zero attached hydrogens (tertiary/aromatic N) is 1. The van der Waals surface area contributed by atoms with Crippen LogP contribution in [0, 0.1) is 0 Å². The van der Waals surface area contributed by atoms with Crippen molar-refractivity contribution in [2.24, 2.45) is 0 Å². The normalized spacial score (nSPS) is 14.6. The third-order valence-corrected chi connectivity index (χ3v) is 9.58. The van der Waals surface area contributed by atoms with E-state index in [4.69, 9.17) is 14.2 Å². The summed E-state index contributed by atoms with van der Waals surface area (Å²) in [6.07, 6.45) is 42.0. The summed E-state index contributed by atoms with van der Waals surface area (Å²) in [5.74, 6) is -0.359. The number of carbonyl (C=O) groups is 2. The van der Waals surface area contributed by atoms with E-state index in [2.05, 4.69) is 43.1 Å². The lowest BCUT2D eigenvalue weighted by atomic mass is 10.1. The molecule has 286 valence electrons. The first-order valence-corrected chi connectivity index (χ1v) is 21.1. The quantitative estimate of drug-likeness (QED) is 0.0375. The molecule has 1 atom stereocenters. The van der Waals surface area contributed by atoms with Crippen molar-refractivity contribution in [2.75, 3.05) is 39.5 Å². The third kappa shape index (κ3) is 32.0. The van der Waals surface area contributed by atoms with Crippen LogP contribution < -0.4 is 0 Å². The number of ether oxygens (including phenoxy) is 3. The largest absolute Gasteiger partial charge is 0.462 e. The number of rotatable bonds is 35. The van der Waals surface area contributed by atoms with Gasteiger partial charge in [-0.15, -0.1) is 0 Å². The number of morpholine rings is 1. The lowest BCUT2D eigenvalue weighted by Crippen LogP contribution is -2.43. The topological polar surface area (TPSA) is 65.1 Å². The van der Waals surface area contributed by atoms with E-state index in [0.717, 1.165) is 58.0 Å². The monoisotopic (exact) mass is 690 g/mol. The highest BCUT2D eigenvalue weighted by Gasteiger charge is 2.22. The molecular formula is C43H79NO5. The molecule has 1 rings (SSSR count). The number of unbranched alkanes of at least 4 members (excludes halogenated alkanes) is 22. The summed E-state index contributed by atoms with van der Waals surface area (Å²) < 4.78 is 16.9. The zero-order valence-electron chi connectivity index (χ0n) is 32.4. The molecule has 0 radical (unpaired) electrons. The average molecular weight is 690 g/mol. The van der Waals surface area contributed by atoms with Crippen molar-refractivity contribution >= 4 is 11.9 Å². The number of hydrogen-bond donors (Lipinski definition) is 0. The fraction of sp³-hybridized carbons (Fsp3) is 0.860. The number of allylic oxidation sites excluding steroid dienone is 4. The molecule has 1 fully saturated rings. The molecule has 0 spiro atoms. The molecule has 0 N–H and O–H groups in total. The minimum atomic E-state index is -0.424. The Morgan fingerprint density at radius 2 is 0.939 bits per heavy atom. The highest BCUT2D eigenvalue weighted by atomic mass is 16.6. The molecule has 0 aliphatic carbocycles. The van der Waals surface area contributed by atoms with E-state index in [1.165, 1.54) is 122 Å². The molecule has 0 saturated carbocycles. The fourth-order valence-electron chi connectivity index (χ4n) is 6.38. The molecule has 6 nitrogen and oxygen atoms in total. The molecule has 0 bridgehead atoms. The maximum absolute atomic E-state index is 12.7. The standard InChI is InChI=1S/C43H79NO5/c1-3-5-7-9-11-13-15-17-19-21-23-25-27-29-31-33-42(45)48-40-41(39-44-35-37-47-38-36-44)49-43(46)34-32-30-28-26-24-22-20-18-16-14-12-10-8-6-4-2/h17-20,41H,3-16,21-40H2,1-2H3/b19-17-,20-18-/t41-/m1/s1. The molecule has 1 saturated heterocycles. The summed E-state index contributed by atoms with van der Waals surface area (Å²) >= 11 is 0. The van der Waals surface area contributed by atoms with E-state index in [1.54, 1.807) is 0 Å². The molecule has 0 aromatic heterocycles. The van der Waals surface area contributed by atoms with Crippen LogP contribution >= 0.6 is 0 Å². The van der Waals surface area contributed by atoms with Crippen molar-refractivity contribution in [2.45, 2.75) is 200 Å². The van der Waals surface area contributed by atoms with E-state index in [1.807, 2.05) is 0 Å². The second kappa shape index (κ2) is 36.1. The Morgan fingerprint density at radius 3 is 1.39 bits per heavy atom. The Hall–Kier alpha value is -1.66. The van der Waals surface area contributed by atoms with Crippen LogP contribution in [0.3, 0.4) is 0 Å². The van der Waals surface area contributed by atoms with Crippen molar-refractivity contribution in [3.8, 4) is 0 Å². The molecule has 1 heterocycles. The minimum absolute atomic E-state index is 0.138. The van der Waals surface area contributed by atoms with Crippen LogP contribution in [0.2, 0.25) is 0 Å². The van der Waals surface area contributed by atoms with Gasteiger partial charge in [0.25, 0.3) is 0 Å². The predicted octanol–water partition coefficient (Wildman–Crippen LogP) is 11.8. The van der Waals surface area contributed by atoms with Gasteiger partial charge in [0.15, 0.2) is 0 Å². The van der Waals surface area contributed by atoms with E-state index in [9.17, 15) is 9.59 Å². The lowest BCUT2D eigenvalue weighted by molar-refractivity contribution is -0.161. The van der Waals surface area contributed by atoms with Crippen LogP contribution in [-0.2, 0) is 23.8 Å². The molecular weight excluding hydrogens is 610 g/mol. The Kier molecular flexibility index (Phi) is 33.5. The van der Waals surface area contributed by atoms with Gasteiger partial charge >= 0.3 is 11.9 Å². The van der Waals surface area contributed by atoms with Crippen LogP contribution in [0.5, 0.6) is 0 Å². The Balaban J connectivity index is 2.11.